The van der Waals surface area contributed by atoms with Gasteiger partial charge in [0.2, 0.25) is 11.7 Å². The van der Waals surface area contributed by atoms with Crippen LogP contribution in [0.1, 0.15) is 35.3 Å². The molecule has 1 amide bonds. The van der Waals surface area contributed by atoms with Crippen LogP contribution in [-0.4, -0.2) is 33.5 Å². The van der Waals surface area contributed by atoms with Crippen LogP contribution in [0.2, 0.25) is 0 Å². The molecule has 7 heteroatoms. The van der Waals surface area contributed by atoms with Crippen molar-refractivity contribution in [2.45, 2.75) is 26.5 Å². The molecule has 31 heavy (non-hydrogen) atoms. The van der Waals surface area contributed by atoms with Gasteiger partial charge in [0.1, 0.15) is 0 Å². The van der Waals surface area contributed by atoms with Crippen molar-refractivity contribution < 1.29 is 19.1 Å². The van der Waals surface area contributed by atoms with Crippen LogP contribution in [0.3, 0.4) is 0 Å². The molecule has 7 nitrogen and oxygen atoms in total. The van der Waals surface area contributed by atoms with E-state index in [9.17, 15) is 14.4 Å². The first-order valence-electron chi connectivity index (χ1n) is 9.77. The summed E-state index contributed by atoms with van der Waals surface area (Å²) in [6.07, 6.45) is 5.40. The minimum Gasteiger partial charge on any atom is -0.451 e. The third kappa shape index (κ3) is 6.50. The molecule has 0 spiro atoms. The van der Waals surface area contributed by atoms with Crippen molar-refractivity contribution in [3.8, 4) is 0 Å². The van der Waals surface area contributed by atoms with E-state index in [1.54, 1.807) is 41.2 Å². The highest BCUT2D eigenvalue weighted by Gasteiger charge is 2.18. The zero-order valence-corrected chi connectivity index (χ0v) is 17.3. The second-order valence-corrected chi connectivity index (χ2v) is 6.99. The Morgan fingerprint density at radius 3 is 2.48 bits per heavy atom. The van der Waals surface area contributed by atoms with Crippen molar-refractivity contribution in [2.75, 3.05) is 5.32 Å². The summed E-state index contributed by atoms with van der Waals surface area (Å²) in [6, 6.07) is 16.3. The number of carbonyl (C=O) groups is 3. The molecule has 0 aliphatic rings. The van der Waals surface area contributed by atoms with E-state index in [0.717, 1.165) is 11.1 Å². The lowest BCUT2D eigenvalue weighted by Crippen LogP contribution is -2.23. The van der Waals surface area contributed by atoms with Crippen LogP contribution in [0.5, 0.6) is 0 Å². The molecule has 3 rings (SSSR count). The highest BCUT2D eigenvalue weighted by molar-refractivity contribution is 6.01. The SMILES string of the molecule is CC(=O)Nc1ccc(C(=O)[C@H](C)OC(=O)/C=C/c2cnn(Cc3ccccc3)c2)cc1. The van der Waals surface area contributed by atoms with Gasteiger partial charge in [-0.1, -0.05) is 30.3 Å². The number of benzene rings is 2. The van der Waals surface area contributed by atoms with Gasteiger partial charge in [0, 0.05) is 36.0 Å². The number of nitrogens with one attached hydrogen (secondary N) is 1. The average Bonchev–Trinajstić information content (AvgIpc) is 3.20. The Balaban J connectivity index is 1.53. The number of carbonyl (C=O) groups excluding carboxylic acids is 3. The Morgan fingerprint density at radius 1 is 1.10 bits per heavy atom. The second kappa shape index (κ2) is 10.2. The summed E-state index contributed by atoms with van der Waals surface area (Å²) in [5.41, 5.74) is 2.85. The minimum atomic E-state index is -0.940. The monoisotopic (exact) mass is 417 g/mol. The van der Waals surface area contributed by atoms with Crippen molar-refractivity contribution in [2.24, 2.45) is 0 Å². The minimum absolute atomic E-state index is 0.196. The number of aromatic nitrogens is 2. The zero-order chi connectivity index (χ0) is 22.2. The molecule has 0 aliphatic carbocycles. The van der Waals surface area contributed by atoms with Crippen molar-refractivity contribution >= 4 is 29.4 Å². The maximum absolute atomic E-state index is 12.5. The number of rotatable bonds is 8. The number of nitrogens with zero attached hydrogens (tertiary/aromatic N) is 2. The molecule has 0 unspecified atom stereocenters. The highest BCUT2D eigenvalue weighted by atomic mass is 16.5. The number of ketones is 1. The molecule has 3 aromatic rings. The molecule has 0 fully saturated rings. The summed E-state index contributed by atoms with van der Waals surface area (Å²) in [5.74, 6) is -1.14. The van der Waals surface area contributed by atoms with Crippen LogP contribution in [0, 0.1) is 0 Å². The molecular weight excluding hydrogens is 394 g/mol. The first-order chi connectivity index (χ1) is 14.9. The fraction of sp³-hybridized carbons (Fsp3) is 0.167. The number of anilines is 1. The Morgan fingerprint density at radius 2 is 1.81 bits per heavy atom. The van der Waals surface area contributed by atoms with E-state index in [1.165, 1.54) is 19.9 Å². The number of hydrogen-bond acceptors (Lipinski definition) is 5. The topological polar surface area (TPSA) is 90.3 Å². The predicted octanol–water partition coefficient (Wildman–Crippen LogP) is 3.72. The number of hydrogen-bond donors (Lipinski definition) is 1. The quantitative estimate of drug-likeness (QED) is 0.343. The van der Waals surface area contributed by atoms with Crippen LogP contribution >= 0.6 is 0 Å². The first kappa shape index (κ1) is 21.7. The molecule has 158 valence electrons. The molecule has 0 radical (unpaired) electrons. The van der Waals surface area contributed by atoms with Gasteiger partial charge in [0.05, 0.1) is 12.7 Å². The molecule has 1 heterocycles. The van der Waals surface area contributed by atoms with Crippen LogP contribution in [0.25, 0.3) is 6.08 Å². The van der Waals surface area contributed by atoms with E-state index in [0.29, 0.717) is 17.8 Å². The normalized spacial score (nSPS) is 11.8. The molecule has 1 aromatic heterocycles. The lowest BCUT2D eigenvalue weighted by atomic mass is 10.1. The van der Waals surface area contributed by atoms with Crippen LogP contribution in [0.4, 0.5) is 5.69 Å². The van der Waals surface area contributed by atoms with Gasteiger partial charge in [-0.15, -0.1) is 0 Å². The smallest absolute Gasteiger partial charge is 0.331 e. The molecule has 1 atom stereocenters. The summed E-state index contributed by atoms with van der Waals surface area (Å²) in [4.78, 5) is 35.6. The molecule has 0 saturated carbocycles. The number of Topliss-reactive ketones (excluding diaryl/α,β-unsaturated/α-hetero) is 1. The van der Waals surface area contributed by atoms with Gasteiger partial charge < -0.3 is 10.1 Å². The van der Waals surface area contributed by atoms with Gasteiger partial charge in [-0.05, 0) is 42.8 Å². The van der Waals surface area contributed by atoms with E-state index < -0.39 is 12.1 Å². The Bertz CT molecular complexity index is 1090. The van der Waals surface area contributed by atoms with E-state index in [-0.39, 0.29) is 11.7 Å². The molecule has 0 saturated heterocycles. The van der Waals surface area contributed by atoms with E-state index >= 15 is 0 Å². The number of esters is 1. The molecule has 0 aliphatic heterocycles. The van der Waals surface area contributed by atoms with Gasteiger partial charge in [0.25, 0.3) is 0 Å². The van der Waals surface area contributed by atoms with Gasteiger partial charge in [0.15, 0.2) is 6.10 Å². The average molecular weight is 417 g/mol. The van der Waals surface area contributed by atoms with E-state index in [2.05, 4.69) is 10.4 Å². The predicted molar refractivity (Wildman–Crippen MR) is 117 cm³/mol. The van der Waals surface area contributed by atoms with Crippen LogP contribution in [0.15, 0.2) is 73.1 Å². The largest absolute Gasteiger partial charge is 0.451 e. The van der Waals surface area contributed by atoms with Gasteiger partial charge in [-0.2, -0.15) is 5.10 Å². The number of ether oxygens (including phenoxy) is 1. The lowest BCUT2D eigenvalue weighted by Gasteiger charge is -2.11. The molecule has 0 bridgehead atoms. The Labute approximate surface area is 180 Å². The Hall–Kier alpha value is -4.00. The van der Waals surface area contributed by atoms with Gasteiger partial charge >= 0.3 is 5.97 Å². The molecule has 2 aromatic carbocycles. The second-order valence-electron chi connectivity index (χ2n) is 6.99. The van der Waals surface area contributed by atoms with Crippen molar-refractivity contribution in [3.05, 3.63) is 89.8 Å². The summed E-state index contributed by atoms with van der Waals surface area (Å²) in [7, 11) is 0. The maximum Gasteiger partial charge on any atom is 0.331 e. The number of amides is 1. The zero-order valence-electron chi connectivity index (χ0n) is 17.3. The van der Waals surface area contributed by atoms with Gasteiger partial charge in [-0.25, -0.2) is 4.79 Å². The molecular formula is C24H23N3O4. The van der Waals surface area contributed by atoms with E-state index in [1.807, 2.05) is 36.5 Å². The first-order valence-corrected chi connectivity index (χ1v) is 9.77. The van der Waals surface area contributed by atoms with Crippen molar-refractivity contribution in [1.29, 1.82) is 0 Å². The van der Waals surface area contributed by atoms with Crippen molar-refractivity contribution in [1.82, 2.24) is 9.78 Å². The third-order valence-electron chi connectivity index (χ3n) is 4.40. The fourth-order valence-electron chi connectivity index (χ4n) is 2.91. The van der Waals surface area contributed by atoms with Crippen molar-refractivity contribution in [3.63, 3.8) is 0 Å². The standard InChI is InChI=1S/C24H23N3O4/c1-17(24(30)21-9-11-22(12-10-21)26-18(2)28)31-23(29)13-8-20-14-25-27(16-20)15-19-6-4-3-5-7-19/h3-14,16-17H,15H2,1-2H3,(H,26,28)/b13-8+/t17-/m0/s1. The highest BCUT2D eigenvalue weighted by Crippen LogP contribution is 2.13. The van der Waals surface area contributed by atoms with Crippen LogP contribution in [-0.2, 0) is 20.9 Å². The summed E-state index contributed by atoms with van der Waals surface area (Å²) in [6.45, 7) is 3.56. The van der Waals surface area contributed by atoms with Gasteiger partial charge in [-0.3, -0.25) is 14.3 Å². The summed E-state index contributed by atoms with van der Waals surface area (Å²) >= 11 is 0. The fourth-order valence-corrected chi connectivity index (χ4v) is 2.91. The lowest BCUT2D eigenvalue weighted by molar-refractivity contribution is -0.140. The van der Waals surface area contributed by atoms with E-state index in [4.69, 9.17) is 4.74 Å². The third-order valence-corrected chi connectivity index (χ3v) is 4.40. The summed E-state index contributed by atoms with van der Waals surface area (Å²) in [5, 5.41) is 6.90. The van der Waals surface area contributed by atoms with Crippen LogP contribution < -0.4 is 5.32 Å². The maximum atomic E-state index is 12.5. The summed E-state index contributed by atoms with van der Waals surface area (Å²) < 4.78 is 6.99. The Kier molecular flexibility index (Phi) is 7.11. The molecule has 1 N–H and O–H groups in total.